The molecule has 0 aliphatic rings. The number of benzene rings is 3. The molecule has 3 aromatic carbocycles. The molecule has 1 heterocycles. The predicted octanol–water partition coefficient (Wildman–Crippen LogP) is 4.03. The average molecular weight is 271 g/mol. The first kappa shape index (κ1) is 11.9. The molecule has 0 atom stereocenters. The molecule has 1 aromatic heterocycles. The van der Waals surface area contributed by atoms with E-state index in [1.54, 1.807) is 0 Å². The van der Waals surface area contributed by atoms with Crippen molar-refractivity contribution in [2.45, 2.75) is 0 Å². The lowest BCUT2D eigenvalue weighted by Gasteiger charge is -2.05. The minimum atomic E-state index is 0.701. The van der Waals surface area contributed by atoms with Crippen LogP contribution in [0.15, 0.2) is 66.9 Å². The highest BCUT2D eigenvalue weighted by molar-refractivity contribution is 5.87. The minimum Gasteiger partial charge on any atom is -0.399 e. The monoisotopic (exact) mass is 271 g/mol. The summed E-state index contributed by atoms with van der Waals surface area (Å²) in [5, 5.41) is 2.42. The van der Waals surface area contributed by atoms with Gasteiger partial charge in [0.25, 0.3) is 0 Å². The van der Waals surface area contributed by atoms with Gasteiger partial charge in [-0.25, -0.2) is 4.98 Å². The summed E-state index contributed by atoms with van der Waals surface area (Å²) in [6.07, 6.45) is 1.81. The van der Waals surface area contributed by atoms with Gasteiger partial charge in [0.05, 0.1) is 22.9 Å². The zero-order valence-corrected chi connectivity index (χ0v) is 11.3. The Bertz CT molecular complexity index is 961. The highest BCUT2D eigenvalue weighted by Crippen LogP contribution is 2.24. The minimum absolute atomic E-state index is 0.701. The third kappa shape index (κ3) is 2.09. The molecule has 0 aliphatic heterocycles. The van der Waals surface area contributed by atoms with Gasteiger partial charge in [0.2, 0.25) is 0 Å². The summed E-state index contributed by atoms with van der Waals surface area (Å²) >= 11 is 0. The Morgan fingerprint density at radius 3 is 2.52 bits per heavy atom. The van der Waals surface area contributed by atoms with Crippen molar-refractivity contribution in [1.29, 1.82) is 0 Å². The number of nitrogen functional groups attached to an aromatic ring is 1. The van der Waals surface area contributed by atoms with E-state index < -0.39 is 0 Å². The van der Waals surface area contributed by atoms with Gasteiger partial charge >= 0.3 is 0 Å². The molecule has 0 amide bonds. The molecule has 21 heavy (non-hydrogen) atoms. The molecule has 0 saturated heterocycles. The largest absolute Gasteiger partial charge is 0.399 e. The van der Waals surface area contributed by atoms with Crippen molar-refractivity contribution >= 4 is 27.5 Å². The van der Waals surface area contributed by atoms with Crippen molar-refractivity contribution in [2.75, 3.05) is 5.73 Å². The van der Waals surface area contributed by atoms with E-state index in [-0.39, 0.29) is 0 Å². The van der Waals surface area contributed by atoms with Crippen LogP contribution in [0.4, 0.5) is 5.69 Å². The highest BCUT2D eigenvalue weighted by atomic mass is 14.8. The normalized spacial score (nSPS) is 11.0. The molecule has 2 N–H and O–H groups in total. The molecule has 0 spiro atoms. The van der Waals surface area contributed by atoms with Crippen LogP contribution in [0.3, 0.4) is 0 Å². The van der Waals surface area contributed by atoms with E-state index in [2.05, 4.69) is 40.3 Å². The number of hydrogen-bond donors (Lipinski definition) is 1. The van der Waals surface area contributed by atoms with Crippen molar-refractivity contribution in [2.24, 2.45) is 0 Å². The number of aromatic nitrogens is 2. The Morgan fingerprint density at radius 2 is 1.62 bits per heavy atom. The van der Waals surface area contributed by atoms with Gasteiger partial charge in [-0.2, -0.15) is 0 Å². The van der Waals surface area contributed by atoms with Gasteiger partial charge in [0, 0.05) is 11.3 Å². The van der Waals surface area contributed by atoms with Gasteiger partial charge in [0.15, 0.2) is 0 Å². The lowest BCUT2D eigenvalue weighted by Crippen LogP contribution is -1.91. The number of anilines is 1. The van der Waals surface area contributed by atoms with Crippen LogP contribution >= 0.6 is 0 Å². The van der Waals surface area contributed by atoms with E-state index in [0.717, 1.165) is 22.3 Å². The molecular formula is C18H13N3. The fraction of sp³-hybridized carbons (Fsp3) is 0. The van der Waals surface area contributed by atoms with E-state index in [9.17, 15) is 0 Å². The van der Waals surface area contributed by atoms with Gasteiger partial charge in [-0.1, -0.05) is 36.4 Å². The first-order valence-corrected chi connectivity index (χ1v) is 6.81. The molecule has 0 saturated carbocycles. The van der Waals surface area contributed by atoms with Gasteiger partial charge in [0.1, 0.15) is 0 Å². The van der Waals surface area contributed by atoms with Gasteiger partial charge in [-0.05, 0) is 35.0 Å². The van der Waals surface area contributed by atoms with Crippen LogP contribution in [0.2, 0.25) is 0 Å². The first-order valence-electron chi connectivity index (χ1n) is 6.81. The first-order chi connectivity index (χ1) is 10.3. The second-order valence-electron chi connectivity index (χ2n) is 5.07. The van der Waals surface area contributed by atoms with Crippen molar-refractivity contribution in [3.8, 4) is 11.3 Å². The van der Waals surface area contributed by atoms with Crippen LogP contribution in [0.5, 0.6) is 0 Å². The lowest BCUT2D eigenvalue weighted by atomic mass is 10.1. The SMILES string of the molecule is Nc1ccc2ncc(-c3ccc4ccccc4c3)nc2c1. The van der Waals surface area contributed by atoms with Crippen LogP contribution in [-0.4, -0.2) is 9.97 Å². The topological polar surface area (TPSA) is 51.8 Å². The molecule has 4 rings (SSSR count). The predicted molar refractivity (Wildman–Crippen MR) is 86.9 cm³/mol. The fourth-order valence-electron chi connectivity index (χ4n) is 2.52. The van der Waals surface area contributed by atoms with E-state index in [1.807, 2.05) is 36.5 Å². The highest BCUT2D eigenvalue weighted by Gasteiger charge is 2.04. The average Bonchev–Trinajstić information content (AvgIpc) is 2.53. The van der Waals surface area contributed by atoms with E-state index in [4.69, 9.17) is 5.73 Å². The second kappa shape index (κ2) is 4.56. The van der Waals surface area contributed by atoms with Crippen LogP contribution in [0, 0.1) is 0 Å². The maximum Gasteiger partial charge on any atom is 0.0914 e. The molecule has 0 unspecified atom stereocenters. The summed E-state index contributed by atoms with van der Waals surface area (Å²) in [7, 11) is 0. The molecule has 0 aliphatic carbocycles. The van der Waals surface area contributed by atoms with E-state index >= 15 is 0 Å². The molecule has 3 heteroatoms. The lowest BCUT2D eigenvalue weighted by molar-refractivity contribution is 1.30. The van der Waals surface area contributed by atoms with Crippen molar-refractivity contribution in [3.05, 3.63) is 66.9 Å². The second-order valence-corrected chi connectivity index (χ2v) is 5.07. The molecule has 0 fully saturated rings. The Labute approximate surface area is 122 Å². The maximum atomic E-state index is 5.82. The third-order valence-electron chi connectivity index (χ3n) is 3.61. The van der Waals surface area contributed by atoms with Crippen molar-refractivity contribution < 1.29 is 0 Å². The zero-order valence-electron chi connectivity index (χ0n) is 11.3. The summed E-state index contributed by atoms with van der Waals surface area (Å²) in [4.78, 5) is 9.13. The van der Waals surface area contributed by atoms with E-state index in [1.165, 1.54) is 10.8 Å². The summed E-state index contributed by atoms with van der Waals surface area (Å²) in [5.74, 6) is 0. The quantitative estimate of drug-likeness (QED) is 0.532. The smallest absolute Gasteiger partial charge is 0.0914 e. The molecule has 0 bridgehead atoms. The van der Waals surface area contributed by atoms with Gasteiger partial charge in [-0.3, -0.25) is 4.98 Å². The summed E-state index contributed by atoms with van der Waals surface area (Å²) in [6.45, 7) is 0. The molecule has 4 aromatic rings. The fourth-order valence-corrected chi connectivity index (χ4v) is 2.52. The number of rotatable bonds is 1. The van der Waals surface area contributed by atoms with Gasteiger partial charge < -0.3 is 5.73 Å². The molecule has 100 valence electrons. The zero-order chi connectivity index (χ0) is 14.2. The van der Waals surface area contributed by atoms with E-state index in [0.29, 0.717) is 5.69 Å². The Balaban J connectivity index is 1.90. The molecular weight excluding hydrogens is 258 g/mol. The maximum absolute atomic E-state index is 5.82. The van der Waals surface area contributed by atoms with Crippen molar-refractivity contribution in [3.63, 3.8) is 0 Å². The van der Waals surface area contributed by atoms with Gasteiger partial charge in [-0.15, -0.1) is 0 Å². The number of nitrogens with zero attached hydrogens (tertiary/aromatic N) is 2. The Hall–Kier alpha value is -2.94. The Kier molecular flexibility index (Phi) is 2.57. The third-order valence-corrected chi connectivity index (χ3v) is 3.61. The van der Waals surface area contributed by atoms with Crippen molar-refractivity contribution in [1.82, 2.24) is 9.97 Å². The molecule has 0 radical (unpaired) electrons. The summed E-state index contributed by atoms with van der Waals surface area (Å²) in [6, 6.07) is 20.2. The number of hydrogen-bond acceptors (Lipinski definition) is 3. The summed E-state index contributed by atoms with van der Waals surface area (Å²) < 4.78 is 0. The summed E-state index contributed by atoms with van der Waals surface area (Å²) in [5.41, 5.74) is 10.1. The van der Waals surface area contributed by atoms with Crippen LogP contribution < -0.4 is 5.73 Å². The van der Waals surface area contributed by atoms with Crippen LogP contribution in [0.25, 0.3) is 33.1 Å². The Morgan fingerprint density at radius 1 is 0.762 bits per heavy atom. The number of fused-ring (bicyclic) bond motifs is 2. The number of nitrogens with two attached hydrogens (primary N) is 1. The molecule has 3 nitrogen and oxygen atoms in total. The van der Waals surface area contributed by atoms with Crippen LogP contribution in [0.1, 0.15) is 0 Å². The standard InChI is InChI=1S/C18H13N3/c19-15-7-8-16-17(10-15)21-18(11-20-16)14-6-5-12-3-1-2-4-13(12)9-14/h1-11H,19H2. The van der Waals surface area contributed by atoms with Crippen LogP contribution in [-0.2, 0) is 0 Å².